The highest BCUT2D eigenvalue weighted by molar-refractivity contribution is 6.03. The molecule has 43 heavy (non-hydrogen) atoms. The Labute approximate surface area is 252 Å². The molecule has 0 aliphatic carbocycles. The van der Waals surface area contributed by atoms with Crippen molar-refractivity contribution in [1.29, 1.82) is 5.26 Å². The van der Waals surface area contributed by atoms with E-state index in [1.807, 2.05) is 29.4 Å². The number of anilines is 1. The third kappa shape index (κ3) is 6.77. The number of aliphatic imine (C=N–C) groups is 1. The molecule has 2 unspecified atom stereocenters. The van der Waals surface area contributed by atoms with E-state index in [0.717, 1.165) is 56.7 Å². The average molecular weight is 589 g/mol. The van der Waals surface area contributed by atoms with E-state index in [9.17, 15) is 20.0 Å². The molecule has 11 heteroatoms. The number of nitrogens with one attached hydrogen (secondary N) is 3. The van der Waals surface area contributed by atoms with Crippen LogP contribution in [0.3, 0.4) is 0 Å². The molecule has 3 aliphatic heterocycles. The second-order valence-corrected chi connectivity index (χ2v) is 11.4. The third-order valence-corrected chi connectivity index (χ3v) is 8.31. The molecule has 5 rings (SSSR count). The van der Waals surface area contributed by atoms with Crippen molar-refractivity contribution in [3.05, 3.63) is 71.3 Å². The molecule has 2 aromatic carbocycles. The van der Waals surface area contributed by atoms with Crippen LogP contribution in [0.15, 0.2) is 53.8 Å². The van der Waals surface area contributed by atoms with Crippen molar-refractivity contribution in [3.63, 3.8) is 0 Å². The zero-order valence-electron chi connectivity index (χ0n) is 24.6. The van der Waals surface area contributed by atoms with Gasteiger partial charge in [0.25, 0.3) is 0 Å². The van der Waals surface area contributed by atoms with Crippen LogP contribution >= 0.6 is 0 Å². The van der Waals surface area contributed by atoms with Gasteiger partial charge in [-0.05, 0) is 55.5 Å². The Hall–Kier alpha value is -4.11. The van der Waals surface area contributed by atoms with Crippen molar-refractivity contribution < 1.29 is 14.7 Å². The van der Waals surface area contributed by atoms with Crippen molar-refractivity contribution in [1.82, 2.24) is 20.6 Å². The summed E-state index contributed by atoms with van der Waals surface area (Å²) in [6.07, 6.45) is 11.0. The number of unbranched alkanes of at least 4 members (excludes halogenated alkanes) is 4. The lowest BCUT2D eigenvalue weighted by molar-refractivity contribution is 0.131. The number of rotatable bonds is 11. The van der Waals surface area contributed by atoms with Crippen LogP contribution in [-0.2, 0) is 0 Å². The van der Waals surface area contributed by atoms with Crippen molar-refractivity contribution in [3.8, 4) is 11.8 Å². The number of halogens is 1. The van der Waals surface area contributed by atoms with Crippen LogP contribution in [0, 0.1) is 17.1 Å². The first-order chi connectivity index (χ1) is 20.9. The number of aromatic hydroxyl groups is 1. The standard InChI is InChI=1S/C32H41FN8O2/c1-2-3-4-5-6-7-28(39-43)37-26-11-10-21(19-27(26)42)29-30(22-8-9-23(20-34)25(33)18-22)38-32(41-17-14-36-31(29)41)40-15-12-24(35)13-16-40/h8-11,14,17-19,24,28,31,36-37,39,42-43H,2-7,12-13,15-16,35H2,1H3. The van der Waals surface area contributed by atoms with Crippen molar-refractivity contribution >= 4 is 22.9 Å². The molecular formula is C32H41FN8O2. The van der Waals surface area contributed by atoms with E-state index in [2.05, 4.69) is 27.9 Å². The topological polar surface area (TPSA) is 145 Å². The number of benzene rings is 2. The molecule has 0 saturated carbocycles. The quantitative estimate of drug-likeness (QED) is 0.0940. The van der Waals surface area contributed by atoms with Gasteiger partial charge < -0.3 is 31.6 Å². The largest absolute Gasteiger partial charge is 0.506 e. The molecule has 3 aliphatic rings. The maximum atomic E-state index is 14.9. The van der Waals surface area contributed by atoms with Crippen LogP contribution in [0.2, 0.25) is 0 Å². The molecule has 0 amide bonds. The molecule has 10 nitrogen and oxygen atoms in total. The maximum absolute atomic E-state index is 14.9. The van der Waals surface area contributed by atoms with E-state index < -0.39 is 12.0 Å². The van der Waals surface area contributed by atoms with E-state index in [1.165, 1.54) is 25.0 Å². The summed E-state index contributed by atoms with van der Waals surface area (Å²) in [5.41, 5.74) is 11.5. The first-order valence-electron chi connectivity index (χ1n) is 15.2. The molecule has 2 aromatic rings. The molecule has 0 bridgehead atoms. The van der Waals surface area contributed by atoms with Gasteiger partial charge in [0.05, 0.1) is 23.1 Å². The predicted octanol–water partition coefficient (Wildman–Crippen LogP) is 4.84. The van der Waals surface area contributed by atoms with Gasteiger partial charge in [0.1, 0.15) is 23.8 Å². The summed E-state index contributed by atoms with van der Waals surface area (Å²) < 4.78 is 14.9. The fraction of sp³-hybridized carbons (Fsp3) is 0.438. The second-order valence-electron chi connectivity index (χ2n) is 11.4. The van der Waals surface area contributed by atoms with Gasteiger partial charge in [-0.3, -0.25) is 4.90 Å². The number of hydrogen-bond donors (Lipinski definition) is 6. The predicted molar refractivity (Wildman–Crippen MR) is 166 cm³/mol. The summed E-state index contributed by atoms with van der Waals surface area (Å²) in [4.78, 5) is 9.33. The summed E-state index contributed by atoms with van der Waals surface area (Å²) in [5, 5.41) is 36.7. The normalized spacial score (nSPS) is 19.1. The number of phenolic OH excluding ortho intramolecular Hbond substituents is 1. The SMILES string of the molecule is CCCCCCCC(NO)Nc1ccc(C2=C(c3ccc(C#N)c(F)c3)N=C(N3CCC(N)CC3)N3C=CNC23)cc1O. The van der Waals surface area contributed by atoms with E-state index in [-0.39, 0.29) is 23.5 Å². The summed E-state index contributed by atoms with van der Waals surface area (Å²) in [5.74, 6) is 0.131. The van der Waals surface area contributed by atoms with Gasteiger partial charge in [0, 0.05) is 42.7 Å². The Balaban J connectivity index is 1.50. The van der Waals surface area contributed by atoms with Gasteiger partial charge >= 0.3 is 0 Å². The van der Waals surface area contributed by atoms with E-state index in [0.29, 0.717) is 28.9 Å². The van der Waals surface area contributed by atoms with Crippen molar-refractivity contribution in [2.24, 2.45) is 10.7 Å². The molecule has 3 heterocycles. The first-order valence-corrected chi connectivity index (χ1v) is 15.2. The number of phenols is 1. The van der Waals surface area contributed by atoms with E-state index in [1.54, 1.807) is 18.2 Å². The van der Waals surface area contributed by atoms with Crippen molar-refractivity contribution in [2.45, 2.75) is 76.7 Å². The highest BCUT2D eigenvalue weighted by Gasteiger charge is 2.37. The molecule has 0 aromatic heterocycles. The molecule has 228 valence electrons. The summed E-state index contributed by atoms with van der Waals surface area (Å²) in [6, 6.07) is 11.9. The molecule has 0 spiro atoms. The number of nitriles is 1. The summed E-state index contributed by atoms with van der Waals surface area (Å²) >= 11 is 0. The molecule has 0 radical (unpaired) electrons. The number of nitrogens with zero attached hydrogens (tertiary/aromatic N) is 4. The van der Waals surface area contributed by atoms with Gasteiger partial charge in [0.2, 0.25) is 5.96 Å². The average Bonchev–Trinajstić information content (AvgIpc) is 3.51. The fourth-order valence-corrected chi connectivity index (χ4v) is 5.86. The lowest BCUT2D eigenvalue weighted by Gasteiger charge is -2.41. The Morgan fingerprint density at radius 3 is 2.60 bits per heavy atom. The third-order valence-electron chi connectivity index (χ3n) is 8.31. The highest BCUT2D eigenvalue weighted by Crippen LogP contribution is 2.40. The lowest BCUT2D eigenvalue weighted by Crippen LogP contribution is -2.53. The van der Waals surface area contributed by atoms with Crippen LogP contribution in [0.5, 0.6) is 5.75 Å². The van der Waals surface area contributed by atoms with Gasteiger partial charge in [-0.1, -0.05) is 44.7 Å². The molecule has 1 saturated heterocycles. The molecule has 2 atom stereocenters. The van der Waals surface area contributed by atoms with Crippen molar-refractivity contribution in [2.75, 3.05) is 18.4 Å². The number of piperidine rings is 1. The van der Waals surface area contributed by atoms with Crippen LogP contribution in [0.25, 0.3) is 11.3 Å². The molecule has 1 fully saturated rings. The van der Waals surface area contributed by atoms with Crippen LogP contribution in [0.1, 0.15) is 75.0 Å². The summed E-state index contributed by atoms with van der Waals surface area (Å²) in [6.45, 7) is 3.68. The number of guanidine groups is 1. The first kappa shape index (κ1) is 30.4. The lowest BCUT2D eigenvalue weighted by atomic mass is 9.94. The van der Waals surface area contributed by atoms with E-state index in [4.69, 9.17) is 10.7 Å². The smallest absolute Gasteiger partial charge is 0.208 e. The maximum Gasteiger partial charge on any atom is 0.208 e. The van der Waals surface area contributed by atoms with Crippen LogP contribution in [0.4, 0.5) is 10.1 Å². The van der Waals surface area contributed by atoms with Crippen LogP contribution in [-0.4, -0.2) is 57.5 Å². The number of hydroxylamine groups is 1. The van der Waals surface area contributed by atoms with Crippen LogP contribution < -0.4 is 21.8 Å². The van der Waals surface area contributed by atoms with Gasteiger partial charge in [-0.25, -0.2) is 9.38 Å². The number of fused-ring (bicyclic) bond motifs is 1. The fourth-order valence-electron chi connectivity index (χ4n) is 5.86. The zero-order valence-corrected chi connectivity index (χ0v) is 24.6. The second kappa shape index (κ2) is 13.9. The minimum Gasteiger partial charge on any atom is -0.506 e. The zero-order chi connectivity index (χ0) is 30.3. The monoisotopic (exact) mass is 588 g/mol. The number of likely N-dealkylation sites (tertiary alicyclic amines) is 1. The van der Waals surface area contributed by atoms with Gasteiger partial charge in [-0.2, -0.15) is 10.7 Å². The highest BCUT2D eigenvalue weighted by atomic mass is 19.1. The number of nitrogens with two attached hydrogens (primary N) is 1. The minimum atomic E-state index is -0.618. The Morgan fingerprint density at radius 1 is 1.14 bits per heavy atom. The van der Waals surface area contributed by atoms with E-state index >= 15 is 0 Å². The Kier molecular flexibility index (Phi) is 9.82. The van der Waals surface area contributed by atoms with Gasteiger partial charge in [0.15, 0.2) is 0 Å². The minimum absolute atomic E-state index is 0.0129. The van der Waals surface area contributed by atoms with Gasteiger partial charge in [-0.15, -0.1) is 0 Å². The Bertz CT molecular complexity index is 1430. The molecular weight excluding hydrogens is 547 g/mol. The number of hydrogen-bond acceptors (Lipinski definition) is 10. The Morgan fingerprint density at radius 2 is 1.91 bits per heavy atom. The molecule has 7 N–H and O–H groups in total. The summed E-state index contributed by atoms with van der Waals surface area (Å²) in [7, 11) is 0.